The van der Waals surface area contributed by atoms with Gasteiger partial charge in [0.15, 0.2) is 11.5 Å². The van der Waals surface area contributed by atoms with Crippen LogP contribution in [0.3, 0.4) is 0 Å². The van der Waals surface area contributed by atoms with Crippen LogP contribution in [0.1, 0.15) is 23.0 Å². The van der Waals surface area contributed by atoms with Gasteiger partial charge in [-0.3, -0.25) is 9.59 Å². The van der Waals surface area contributed by atoms with E-state index in [0.29, 0.717) is 34.2 Å². The van der Waals surface area contributed by atoms with Crippen molar-refractivity contribution in [1.82, 2.24) is 0 Å². The van der Waals surface area contributed by atoms with Gasteiger partial charge in [0.05, 0.1) is 10.1 Å². The zero-order valence-corrected chi connectivity index (χ0v) is 17.8. The number of hydrogen-bond donors (Lipinski definition) is 2. The van der Waals surface area contributed by atoms with E-state index in [2.05, 4.69) is 10.6 Å². The lowest BCUT2D eigenvalue weighted by atomic mass is 10.2. The van der Waals surface area contributed by atoms with E-state index in [9.17, 15) is 9.59 Å². The molecule has 0 saturated heterocycles. The molecule has 6 nitrogen and oxygen atoms in total. The Morgan fingerprint density at radius 2 is 1.87 bits per heavy atom. The highest BCUT2D eigenvalue weighted by molar-refractivity contribution is 8.00. The summed E-state index contributed by atoms with van der Waals surface area (Å²) in [5.41, 5.74) is 1.37. The van der Waals surface area contributed by atoms with Crippen LogP contribution in [-0.2, 0) is 4.79 Å². The van der Waals surface area contributed by atoms with Crippen LogP contribution in [-0.4, -0.2) is 23.9 Å². The van der Waals surface area contributed by atoms with Crippen molar-refractivity contribution in [2.24, 2.45) is 0 Å². The molecule has 8 heteroatoms. The largest absolute Gasteiger partial charge is 0.454 e. The van der Waals surface area contributed by atoms with Crippen LogP contribution in [0.5, 0.6) is 11.5 Å². The van der Waals surface area contributed by atoms with Crippen LogP contribution in [0.2, 0.25) is 0 Å². The fourth-order valence-electron chi connectivity index (χ4n) is 2.93. The van der Waals surface area contributed by atoms with Crippen molar-refractivity contribution in [1.29, 1.82) is 0 Å². The third kappa shape index (κ3) is 4.77. The van der Waals surface area contributed by atoms with Crippen molar-refractivity contribution in [3.05, 3.63) is 64.9 Å². The topological polar surface area (TPSA) is 76.7 Å². The number of ether oxygens (including phenoxy) is 2. The van der Waals surface area contributed by atoms with E-state index in [4.69, 9.17) is 9.47 Å². The summed E-state index contributed by atoms with van der Waals surface area (Å²) in [4.78, 5) is 26.6. The summed E-state index contributed by atoms with van der Waals surface area (Å²) in [6, 6.07) is 16.5. The minimum atomic E-state index is -0.279. The number of thioether (sulfide) groups is 1. The highest BCUT2D eigenvalue weighted by Crippen LogP contribution is 2.35. The fourth-order valence-corrected chi connectivity index (χ4v) is 4.56. The summed E-state index contributed by atoms with van der Waals surface area (Å²) < 4.78 is 10.7. The number of hydrogen-bond acceptors (Lipinski definition) is 6. The molecule has 3 aromatic rings. The molecular formula is C22H20N2O4S2. The van der Waals surface area contributed by atoms with Gasteiger partial charge in [-0.25, -0.2) is 0 Å². The Labute approximate surface area is 182 Å². The minimum absolute atomic E-state index is 0.0885. The normalized spacial score (nSPS) is 13.0. The van der Waals surface area contributed by atoms with Crippen LogP contribution in [0.25, 0.3) is 0 Å². The van der Waals surface area contributed by atoms with Gasteiger partial charge in [0, 0.05) is 22.3 Å². The van der Waals surface area contributed by atoms with Crippen molar-refractivity contribution in [2.45, 2.75) is 23.5 Å². The molecule has 4 rings (SSSR count). The van der Waals surface area contributed by atoms with Gasteiger partial charge in [-0.15, -0.1) is 23.1 Å². The molecule has 0 spiro atoms. The first kappa shape index (κ1) is 20.3. The molecule has 154 valence electrons. The summed E-state index contributed by atoms with van der Waals surface area (Å²) in [6.07, 6.45) is 0.660. The van der Waals surface area contributed by atoms with Gasteiger partial charge in [-0.2, -0.15) is 0 Å². The number of carbonyl (C=O) groups excluding carboxylic acids is 2. The van der Waals surface area contributed by atoms with Crippen molar-refractivity contribution < 1.29 is 19.1 Å². The van der Waals surface area contributed by atoms with Gasteiger partial charge in [-0.1, -0.05) is 19.1 Å². The van der Waals surface area contributed by atoms with Crippen LogP contribution in [0.15, 0.2) is 64.9 Å². The number of nitrogens with one attached hydrogen (secondary N) is 2. The first-order valence-electron chi connectivity index (χ1n) is 9.44. The number of amides is 2. The summed E-state index contributed by atoms with van der Waals surface area (Å²) in [6.45, 7) is 2.17. The van der Waals surface area contributed by atoms with Crippen molar-refractivity contribution in [3.8, 4) is 11.5 Å². The van der Waals surface area contributed by atoms with Crippen molar-refractivity contribution in [3.63, 3.8) is 0 Å². The van der Waals surface area contributed by atoms with Crippen LogP contribution in [0.4, 0.5) is 11.4 Å². The number of thiophene rings is 1. The molecule has 2 amide bonds. The molecule has 0 aliphatic carbocycles. The van der Waals surface area contributed by atoms with E-state index < -0.39 is 0 Å². The van der Waals surface area contributed by atoms with Gasteiger partial charge in [0.2, 0.25) is 12.7 Å². The van der Waals surface area contributed by atoms with Crippen molar-refractivity contribution in [2.75, 3.05) is 17.4 Å². The summed E-state index contributed by atoms with van der Waals surface area (Å²) in [5.74, 6) is 1.08. The maximum Gasteiger partial charge on any atom is 0.265 e. The quantitative estimate of drug-likeness (QED) is 0.492. The second-order valence-electron chi connectivity index (χ2n) is 6.53. The number of anilines is 2. The Morgan fingerprint density at radius 1 is 1.03 bits per heavy atom. The van der Waals surface area contributed by atoms with Gasteiger partial charge >= 0.3 is 0 Å². The molecule has 1 atom stereocenters. The predicted octanol–water partition coefficient (Wildman–Crippen LogP) is 5.24. The molecule has 0 bridgehead atoms. The molecular weight excluding hydrogens is 420 g/mol. The number of carbonyl (C=O) groups is 2. The van der Waals surface area contributed by atoms with Gasteiger partial charge < -0.3 is 20.1 Å². The zero-order chi connectivity index (χ0) is 20.9. The lowest BCUT2D eigenvalue weighted by Crippen LogP contribution is -2.24. The van der Waals surface area contributed by atoms with Crippen LogP contribution < -0.4 is 20.1 Å². The molecule has 30 heavy (non-hydrogen) atoms. The molecule has 1 aliphatic rings. The number of benzene rings is 2. The first-order valence-corrected chi connectivity index (χ1v) is 11.2. The number of fused-ring (bicyclic) bond motifs is 1. The van der Waals surface area contributed by atoms with Crippen LogP contribution in [0, 0.1) is 0 Å². The predicted molar refractivity (Wildman–Crippen MR) is 120 cm³/mol. The van der Waals surface area contributed by atoms with E-state index >= 15 is 0 Å². The first-order chi connectivity index (χ1) is 14.6. The maximum atomic E-state index is 12.8. The average Bonchev–Trinajstić information content (AvgIpc) is 3.44. The molecule has 2 N–H and O–H groups in total. The van der Waals surface area contributed by atoms with Crippen molar-refractivity contribution >= 4 is 46.3 Å². The third-order valence-electron chi connectivity index (χ3n) is 4.42. The maximum absolute atomic E-state index is 12.8. The molecule has 0 radical (unpaired) electrons. The SMILES string of the molecule is CCC(Sc1cccc(NC(=O)c2cccs2)c1)C(=O)Nc1ccc2c(c1)OCO2. The lowest BCUT2D eigenvalue weighted by Gasteiger charge is -2.15. The fraction of sp³-hybridized carbons (Fsp3) is 0.182. The Bertz CT molecular complexity index is 1050. The Kier molecular flexibility index (Phi) is 6.25. The Balaban J connectivity index is 1.40. The monoisotopic (exact) mass is 440 g/mol. The Morgan fingerprint density at radius 3 is 2.67 bits per heavy atom. The average molecular weight is 441 g/mol. The second kappa shape index (κ2) is 9.23. The van der Waals surface area contributed by atoms with E-state index in [0.717, 1.165) is 4.90 Å². The molecule has 0 fully saturated rings. The molecule has 0 saturated carbocycles. The minimum Gasteiger partial charge on any atom is -0.454 e. The highest BCUT2D eigenvalue weighted by atomic mass is 32.2. The smallest absolute Gasteiger partial charge is 0.265 e. The third-order valence-corrected chi connectivity index (χ3v) is 6.65. The van der Waals surface area contributed by atoms with Crippen LogP contribution >= 0.6 is 23.1 Å². The molecule has 1 unspecified atom stereocenters. The van der Waals surface area contributed by atoms with E-state index in [1.807, 2.05) is 42.6 Å². The summed E-state index contributed by atoms with van der Waals surface area (Å²) in [5, 5.41) is 7.43. The number of rotatable bonds is 7. The van der Waals surface area contributed by atoms with E-state index in [1.54, 1.807) is 24.3 Å². The standard InChI is InChI=1S/C22H20N2O4S2/c1-2-19(21(25)24-15-8-9-17-18(12-15)28-13-27-17)30-16-6-3-5-14(11-16)23-22(26)20-7-4-10-29-20/h3-12,19H,2,13H2,1H3,(H,23,26)(H,24,25). The van der Waals surface area contributed by atoms with E-state index in [-0.39, 0.29) is 23.9 Å². The van der Waals surface area contributed by atoms with E-state index in [1.165, 1.54) is 23.1 Å². The summed E-state index contributed by atoms with van der Waals surface area (Å²) >= 11 is 2.86. The Hall–Kier alpha value is -2.97. The van der Waals surface area contributed by atoms with Gasteiger partial charge in [-0.05, 0) is 48.2 Å². The molecule has 2 aromatic carbocycles. The van der Waals surface area contributed by atoms with Gasteiger partial charge in [0.25, 0.3) is 5.91 Å². The molecule has 1 aromatic heterocycles. The second-order valence-corrected chi connectivity index (χ2v) is 8.76. The van der Waals surface area contributed by atoms with Gasteiger partial charge in [0.1, 0.15) is 0 Å². The zero-order valence-electron chi connectivity index (χ0n) is 16.2. The lowest BCUT2D eigenvalue weighted by molar-refractivity contribution is -0.115. The molecule has 1 aliphatic heterocycles. The highest BCUT2D eigenvalue weighted by Gasteiger charge is 2.20. The molecule has 2 heterocycles. The summed E-state index contributed by atoms with van der Waals surface area (Å²) in [7, 11) is 0.